The van der Waals surface area contributed by atoms with Crippen molar-refractivity contribution in [2.75, 3.05) is 4.90 Å². The molecule has 0 saturated heterocycles. The number of fused-ring (bicyclic) bond motifs is 8. The molecule has 0 saturated carbocycles. The van der Waals surface area contributed by atoms with Crippen LogP contribution in [-0.4, -0.2) is 4.57 Å². The van der Waals surface area contributed by atoms with Gasteiger partial charge in [0.2, 0.25) is 0 Å². The molecular weight excluding hydrogens is 713 g/mol. The van der Waals surface area contributed by atoms with E-state index in [9.17, 15) is 0 Å². The van der Waals surface area contributed by atoms with E-state index in [1.807, 2.05) is 0 Å². The van der Waals surface area contributed by atoms with Crippen molar-refractivity contribution < 1.29 is 0 Å². The van der Waals surface area contributed by atoms with Crippen LogP contribution >= 0.6 is 0 Å². The van der Waals surface area contributed by atoms with Crippen molar-refractivity contribution in [1.82, 2.24) is 4.57 Å². The van der Waals surface area contributed by atoms with Crippen LogP contribution in [0.3, 0.4) is 0 Å². The Kier molecular flexibility index (Phi) is 7.61. The van der Waals surface area contributed by atoms with Crippen molar-refractivity contribution in [1.29, 1.82) is 0 Å². The van der Waals surface area contributed by atoms with Gasteiger partial charge in [-0.1, -0.05) is 194 Å². The number of rotatable bonds is 6. The van der Waals surface area contributed by atoms with Gasteiger partial charge in [0.05, 0.1) is 33.5 Å². The first-order valence-electron chi connectivity index (χ1n) is 20.7. The molecule has 12 rings (SSSR count). The molecule has 0 bridgehead atoms. The van der Waals surface area contributed by atoms with E-state index in [-0.39, 0.29) is 11.8 Å². The molecule has 59 heavy (non-hydrogen) atoms. The highest BCUT2D eigenvalue weighted by molar-refractivity contribution is 6.09. The van der Waals surface area contributed by atoms with Crippen molar-refractivity contribution in [2.45, 2.75) is 11.3 Å². The van der Waals surface area contributed by atoms with Crippen LogP contribution in [0.4, 0.5) is 11.4 Å². The number of allylic oxidation sites excluding steroid dienone is 3. The van der Waals surface area contributed by atoms with Crippen molar-refractivity contribution in [3.8, 4) is 5.69 Å². The van der Waals surface area contributed by atoms with E-state index in [4.69, 9.17) is 0 Å². The summed E-state index contributed by atoms with van der Waals surface area (Å²) in [6.45, 7) is 0. The van der Waals surface area contributed by atoms with Gasteiger partial charge in [0.25, 0.3) is 0 Å². The molecular formula is C57H40N2. The molecule has 0 radical (unpaired) electrons. The van der Waals surface area contributed by atoms with Crippen LogP contribution in [0.5, 0.6) is 0 Å². The molecule has 0 amide bonds. The Morgan fingerprint density at radius 2 is 0.898 bits per heavy atom. The van der Waals surface area contributed by atoms with Gasteiger partial charge < -0.3 is 9.47 Å². The minimum Gasteiger partial charge on any atom is -0.310 e. The average Bonchev–Trinajstić information content (AvgIpc) is 3.81. The van der Waals surface area contributed by atoms with Crippen LogP contribution in [-0.2, 0) is 5.41 Å². The molecule has 0 fully saturated rings. The Morgan fingerprint density at radius 1 is 0.424 bits per heavy atom. The first-order valence-corrected chi connectivity index (χ1v) is 20.7. The zero-order valence-electron chi connectivity index (χ0n) is 32.5. The van der Waals surface area contributed by atoms with Crippen molar-refractivity contribution in [3.63, 3.8) is 0 Å². The second-order valence-electron chi connectivity index (χ2n) is 16.0. The van der Waals surface area contributed by atoms with Gasteiger partial charge in [0.1, 0.15) is 0 Å². The fourth-order valence-corrected chi connectivity index (χ4v) is 10.8. The van der Waals surface area contributed by atoms with E-state index in [1.165, 1.54) is 88.4 Å². The highest BCUT2D eigenvalue weighted by atomic mass is 15.2. The smallest absolute Gasteiger partial charge is 0.0541 e. The molecule has 278 valence electrons. The van der Waals surface area contributed by atoms with Gasteiger partial charge in [-0.05, 0) is 69.4 Å². The number of para-hydroxylation sites is 2. The lowest BCUT2D eigenvalue weighted by atomic mass is 9.63. The molecule has 2 aliphatic rings. The molecule has 9 aromatic carbocycles. The molecule has 2 heteroatoms. The molecule has 2 atom stereocenters. The summed E-state index contributed by atoms with van der Waals surface area (Å²) in [6.07, 6.45) is 7.54. The minimum absolute atomic E-state index is 0.0454. The van der Waals surface area contributed by atoms with Crippen LogP contribution in [0.1, 0.15) is 28.2 Å². The zero-order valence-corrected chi connectivity index (χ0v) is 32.5. The van der Waals surface area contributed by atoms with E-state index in [0.717, 1.165) is 0 Å². The molecule has 1 aromatic heterocycles. The molecule has 2 unspecified atom stereocenters. The lowest BCUT2D eigenvalue weighted by molar-refractivity contribution is 0.453. The Labute approximate surface area is 344 Å². The van der Waals surface area contributed by atoms with Crippen LogP contribution in [0, 0.1) is 5.92 Å². The van der Waals surface area contributed by atoms with Gasteiger partial charge in [0.15, 0.2) is 0 Å². The third-order valence-corrected chi connectivity index (χ3v) is 13.1. The number of anilines is 2. The molecule has 0 spiro atoms. The largest absolute Gasteiger partial charge is 0.310 e. The Hall–Kier alpha value is -7.42. The van der Waals surface area contributed by atoms with Gasteiger partial charge in [-0.15, -0.1) is 0 Å². The van der Waals surface area contributed by atoms with E-state index in [0.29, 0.717) is 0 Å². The highest BCUT2D eigenvalue weighted by Crippen LogP contribution is 2.62. The summed E-state index contributed by atoms with van der Waals surface area (Å²) < 4.78 is 2.53. The maximum absolute atomic E-state index is 2.61. The van der Waals surface area contributed by atoms with E-state index < -0.39 is 5.41 Å². The number of benzene rings is 9. The average molecular weight is 753 g/mol. The molecule has 0 N–H and O–H groups in total. The predicted octanol–water partition coefficient (Wildman–Crippen LogP) is 14.4. The lowest BCUT2D eigenvalue weighted by Crippen LogP contribution is -2.36. The van der Waals surface area contributed by atoms with E-state index in [1.54, 1.807) is 0 Å². The van der Waals surface area contributed by atoms with Crippen molar-refractivity contribution in [2.24, 2.45) is 5.92 Å². The lowest BCUT2D eigenvalue weighted by Gasteiger charge is -2.40. The second-order valence-corrected chi connectivity index (χ2v) is 16.0. The van der Waals surface area contributed by atoms with Gasteiger partial charge in [-0.3, -0.25) is 0 Å². The topological polar surface area (TPSA) is 8.17 Å². The molecule has 1 heterocycles. The van der Waals surface area contributed by atoms with Crippen molar-refractivity contribution >= 4 is 54.7 Å². The van der Waals surface area contributed by atoms with Gasteiger partial charge in [-0.25, -0.2) is 0 Å². The summed E-state index contributed by atoms with van der Waals surface area (Å²) in [5.74, 6) is 0.135. The third kappa shape index (κ3) is 4.93. The normalized spacial score (nSPS) is 16.6. The summed E-state index contributed by atoms with van der Waals surface area (Å²) in [5.41, 5.74) is 12.0. The summed E-state index contributed by atoms with van der Waals surface area (Å²) in [7, 11) is 0. The highest BCUT2D eigenvalue weighted by Gasteiger charge is 2.54. The Morgan fingerprint density at radius 3 is 1.47 bits per heavy atom. The standard InChI is InChI=1S/C57H40N2/c1-3-22-41(23-4-1)57(42-24-5-2-6-25-42)49-30-17-35-55(59-53-31-13-11-28-46(53)47-29-12-14-32-54(47)59)56(49)48-37-36-43(38-50(48)57)58(51-33-15-20-39-18-7-9-26-44(39)51)52-34-16-21-40-19-8-10-27-45(40)52/h1-38,48,50H. The SMILES string of the molecule is C1=CC2c3c(-n4c5ccccc5c5ccccc54)cccc3C(c3ccccc3)(c3ccccc3)C2C=C1N(c1cccc2ccccc12)c1cccc2ccccc12. The van der Waals surface area contributed by atoms with Crippen LogP contribution in [0.2, 0.25) is 0 Å². The summed E-state index contributed by atoms with van der Waals surface area (Å²) in [6, 6.07) is 78.4. The fraction of sp³-hybridized carbons (Fsp3) is 0.0526. The van der Waals surface area contributed by atoms with Crippen LogP contribution < -0.4 is 4.90 Å². The number of hydrogen-bond acceptors (Lipinski definition) is 1. The number of hydrogen-bond donors (Lipinski definition) is 0. The summed E-state index contributed by atoms with van der Waals surface area (Å²) in [4.78, 5) is 2.52. The Bertz CT molecular complexity index is 3110. The zero-order chi connectivity index (χ0) is 38.9. The third-order valence-electron chi connectivity index (χ3n) is 13.1. The van der Waals surface area contributed by atoms with Gasteiger partial charge in [0, 0.05) is 39.1 Å². The predicted molar refractivity (Wildman–Crippen MR) is 247 cm³/mol. The monoisotopic (exact) mass is 752 g/mol. The molecule has 2 nitrogen and oxygen atoms in total. The number of nitrogens with zero attached hydrogens (tertiary/aromatic N) is 2. The second kappa shape index (κ2) is 13.3. The molecule has 2 aliphatic carbocycles. The summed E-state index contributed by atoms with van der Waals surface area (Å²) in [5, 5.41) is 7.44. The van der Waals surface area contributed by atoms with Crippen molar-refractivity contribution in [3.05, 3.63) is 259 Å². The maximum atomic E-state index is 2.61. The fourth-order valence-electron chi connectivity index (χ4n) is 10.8. The van der Waals surface area contributed by atoms with Gasteiger partial charge in [-0.2, -0.15) is 0 Å². The minimum atomic E-state index is -0.490. The number of aromatic nitrogens is 1. The first kappa shape index (κ1) is 33.7. The first-order chi connectivity index (χ1) is 29.3. The van der Waals surface area contributed by atoms with Crippen LogP contribution in [0.25, 0.3) is 49.0 Å². The summed E-state index contributed by atoms with van der Waals surface area (Å²) >= 11 is 0. The van der Waals surface area contributed by atoms with Crippen LogP contribution in [0.15, 0.2) is 236 Å². The van der Waals surface area contributed by atoms with E-state index in [2.05, 4.69) is 240 Å². The molecule has 10 aromatic rings. The molecule has 0 aliphatic heterocycles. The van der Waals surface area contributed by atoms with E-state index >= 15 is 0 Å². The Balaban J connectivity index is 1.18. The quantitative estimate of drug-likeness (QED) is 0.164. The maximum Gasteiger partial charge on any atom is 0.0541 e. The van der Waals surface area contributed by atoms with Gasteiger partial charge >= 0.3 is 0 Å².